The van der Waals surface area contributed by atoms with Crippen LogP contribution in [0.25, 0.3) is 10.8 Å². The first-order chi connectivity index (χ1) is 19.9. The summed E-state index contributed by atoms with van der Waals surface area (Å²) in [7, 11) is 3.12. The quantitative estimate of drug-likeness (QED) is 0.414. The fourth-order valence-corrected chi connectivity index (χ4v) is 7.69. The molecule has 2 aromatic rings. The fourth-order valence-electron chi connectivity index (χ4n) is 7.69. The van der Waals surface area contributed by atoms with Crippen molar-refractivity contribution in [2.75, 3.05) is 33.8 Å². The molecule has 6 atom stereocenters. The molecular formula is C31H35N3O8. The van der Waals surface area contributed by atoms with Gasteiger partial charge in [-0.05, 0) is 70.9 Å². The zero-order chi connectivity index (χ0) is 30.2. The number of primary amides is 1. The highest BCUT2D eigenvalue weighted by Crippen LogP contribution is 2.53. The van der Waals surface area contributed by atoms with Gasteiger partial charge in [0, 0.05) is 28.8 Å². The van der Waals surface area contributed by atoms with Crippen molar-refractivity contribution in [3.05, 3.63) is 34.9 Å². The van der Waals surface area contributed by atoms with Crippen LogP contribution in [0.1, 0.15) is 41.3 Å². The van der Waals surface area contributed by atoms with E-state index in [0.717, 1.165) is 25.1 Å². The van der Waals surface area contributed by atoms with Crippen molar-refractivity contribution in [2.45, 2.75) is 44.4 Å². The third-order valence-corrected chi connectivity index (χ3v) is 9.69. The SMILES string of the molecule is CCOc1c2c(c(O)c3cc(CN4CCC4)ccc13)C(=O)C1C(=O)[C@]3(O)C(=O)C(C(N)=O)C(=O)[C@@H](N(C)C)[C@@H]3C[C@@H]1C2. The van der Waals surface area contributed by atoms with Crippen molar-refractivity contribution in [3.8, 4) is 11.5 Å². The van der Waals surface area contributed by atoms with Crippen LogP contribution in [0.15, 0.2) is 18.2 Å². The largest absolute Gasteiger partial charge is 0.507 e. The Morgan fingerprint density at radius 3 is 2.45 bits per heavy atom. The number of aromatic hydroxyl groups is 1. The minimum atomic E-state index is -2.75. The molecule has 222 valence electrons. The van der Waals surface area contributed by atoms with Crippen LogP contribution in [0, 0.1) is 23.7 Å². The zero-order valence-electron chi connectivity index (χ0n) is 23.9. The predicted octanol–water partition coefficient (Wildman–Crippen LogP) is 0.625. The molecule has 2 aromatic carbocycles. The van der Waals surface area contributed by atoms with Crippen LogP contribution in [-0.2, 0) is 32.1 Å². The first-order valence-electron chi connectivity index (χ1n) is 14.4. The number of phenols is 1. The third kappa shape index (κ3) is 3.86. The first kappa shape index (κ1) is 28.4. The van der Waals surface area contributed by atoms with Crippen molar-refractivity contribution in [2.24, 2.45) is 29.4 Å². The molecule has 3 aliphatic carbocycles. The normalized spacial score (nSPS) is 31.0. The lowest BCUT2D eigenvalue weighted by molar-refractivity contribution is -0.181. The van der Waals surface area contributed by atoms with Crippen LogP contribution in [0.4, 0.5) is 0 Å². The minimum absolute atomic E-state index is 0.0109. The number of hydrogen-bond donors (Lipinski definition) is 3. The second-order valence-electron chi connectivity index (χ2n) is 12.3. The summed E-state index contributed by atoms with van der Waals surface area (Å²) in [5.74, 6) is -10.2. The number of rotatable bonds is 6. The molecule has 0 bridgehead atoms. The van der Waals surface area contributed by atoms with E-state index in [0.29, 0.717) is 35.2 Å². The number of ether oxygens (including phenoxy) is 1. The predicted molar refractivity (Wildman–Crippen MR) is 150 cm³/mol. The molecule has 3 fully saturated rings. The van der Waals surface area contributed by atoms with Gasteiger partial charge in [0.05, 0.1) is 24.1 Å². The van der Waals surface area contributed by atoms with Gasteiger partial charge in [-0.1, -0.05) is 12.1 Å². The van der Waals surface area contributed by atoms with E-state index >= 15 is 0 Å². The van der Waals surface area contributed by atoms with Crippen molar-refractivity contribution in [1.82, 2.24) is 9.80 Å². The Hall–Kier alpha value is -3.67. The maximum absolute atomic E-state index is 14.2. The van der Waals surface area contributed by atoms with E-state index in [9.17, 15) is 34.2 Å². The lowest BCUT2D eigenvalue weighted by Crippen LogP contribution is -2.74. The molecule has 0 radical (unpaired) electrons. The van der Waals surface area contributed by atoms with E-state index in [1.54, 1.807) is 14.1 Å². The number of fused-ring (bicyclic) bond motifs is 4. The lowest BCUT2D eigenvalue weighted by atomic mass is 9.52. The highest BCUT2D eigenvalue weighted by Gasteiger charge is 2.69. The van der Waals surface area contributed by atoms with Gasteiger partial charge in [0.1, 0.15) is 11.5 Å². The summed E-state index contributed by atoms with van der Waals surface area (Å²) in [6.45, 7) is 4.78. The van der Waals surface area contributed by atoms with Gasteiger partial charge < -0.3 is 20.7 Å². The van der Waals surface area contributed by atoms with Crippen molar-refractivity contribution < 1.29 is 38.9 Å². The summed E-state index contributed by atoms with van der Waals surface area (Å²) >= 11 is 0. The molecular weight excluding hydrogens is 542 g/mol. The highest BCUT2D eigenvalue weighted by molar-refractivity contribution is 6.32. The Kier molecular flexibility index (Phi) is 6.75. The van der Waals surface area contributed by atoms with Gasteiger partial charge in [0.25, 0.3) is 0 Å². The molecule has 1 heterocycles. The lowest BCUT2D eigenvalue weighted by Gasteiger charge is -2.52. The highest BCUT2D eigenvalue weighted by atomic mass is 16.5. The van der Waals surface area contributed by atoms with E-state index in [2.05, 4.69) is 4.90 Å². The van der Waals surface area contributed by atoms with Gasteiger partial charge >= 0.3 is 0 Å². The second-order valence-corrected chi connectivity index (χ2v) is 12.3. The number of likely N-dealkylation sites (tertiary alicyclic amines) is 1. The van der Waals surface area contributed by atoms with Gasteiger partial charge in [0.15, 0.2) is 34.7 Å². The van der Waals surface area contributed by atoms with Gasteiger partial charge in [-0.25, -0.2) is 0 Å². The number of amides is 1. The van der Waals surface area contributed by atoms with E-state index in [1.807, 2.05) is 25.1 Å². The molecule has 1 amide bonds. The Labute approximate surface area is 242 Å². The smallest absolute Gasteiger partial charge is 0.235 e. The average molecular weight is 578 g/mol. The third-order valence-electron chi connectivity index (χ3n) is 9.69. The molecule has 11 nitrogen and oxygen atoms in total. The number of nitrogens with two attached hydrogens (primary N) is 1. The van der Waals surface area contributed by atoms with Crippen LogP contribution in [0.3, 0.4) is 0 Å². The van der Waals surface area contributed by atoms with Gasteiger partial charge in [-0.3, -0.25) is 33.8 Å². The number of aliphatic hydroxyl groups is 1. The van der Waals surface area contributed by atoms with Crippen LogP contribution in [0.2, 0.25) is 0 Å². The molecule has 1 aliphatic heterocycles. The molecule has 2 saturated carbocycles. The summed E-state index contributed by atoms with van der Waals surface area (Å²) in [6.07, 6.45) is 1.27. The molecule has 11 heteroatoms. The Morgan fingerprint density at radius 1 is 1.14 bits per heavy atom. The average Bonchev–Trinajstić information content (AvgIpc) is 2.90. The van der Waals surface area contributed by atoms with Crippen molar-refractivity contribution in [3.63, 3.8) is 0 Å². The molecule has 0 aromatic heterocycles. The summed E-state index contributed by atoms with van der Waals surface area (Å²) in [6, 6.07) is 4.53. The molecule has 42 heavy (non-hydrogen) atoms. The minimum Gasteiger partial charge on any atom is -0.507 e. The van der Waals surface area contributed by atoms with Crippen LogP contribution < -0.4 is 10.5 Å². The zero-order valence-corrected chi connectivity index (χ0v) is 23.9. The number of Topliss-reactive ketones (excluding diaryl/α,β-unsaturated/α-hetero) is 4. The molecule has 4 N–H and O–H groups in total. The van der Waals surface area contributed by atoms with Gasteiger partial charge in [-0.2, -0.15) is 0 Å². The van der Waals surface area contributed by atoms with E-state index in [-0.39, 0.29) is 24.2 Å². The maximum Gasteiger partial charge on any atom is 0.235 e. The number of phenolic OH excluding ortho intramolecular Hbond substituents is 1. The summed E-state index contributed by atoms with van der Waals surface area (Å²) < 4.78 is 6.07. The summed E-state index contributed by atoms with van der Waals surface area (Å²) in [4.78, 5) is 71.0. The van der Waals surface area contributed by atoms with Crippen LogP contribution >= 0.6 is 0 Å². The van der Waals surface area contributed by atoms with Crippen LogP contribution in [-0.4, -0.2) is 94.5 Å². The van der Waals surface area contributed by atoms with Crippen LogP contribution in [0.5, 0.6) is 11.5 Å². The molecule has 2 unspecified atom stereocenters. The summed E-state index contributed by atoms with van der Waals surface area (Å²) in [5, 5.41) is 24.4. The molecule has 1 saturated heterocycles. The maximum atomic E-state index is 14.2. The van der Waals surface area contributed by atoms with Gasteiger partial charge in [0.2, 0.25) is 5.91 Å². The number of ketones is 4. The fraction of sp³-hybridized carbons (Fsp3) is 0.516. The van der Waals surface area contributed by atoms with E-state index in [1.165, 1.54) is 4.90 Å². The topological polar surface area (TPSA) is 168 Å². The number of carbonyl (C=O) groups is 5. The Bertz CT molecular complexity index is 1560. The van der Waals surface area contributed by atoms with Gasteiger partial charge in [-0.15, -0.1) is 0 Å². The standard InChI is InChI=1S/C31H35N3O8/c1-4-42-27-16-7-6-14(13-34-8-5-9-34)10-17(16)24(35)21-18(27)11-15-12-19-23(33(2)3)26(37)22(30(32)40)29(39)31(19,41)28(38)20(15)25(21)36/h6-7,10,15,19-20,22-23,35,41H,4-5,8-9,11-13H2,1-3H3,(H2,32,40)/t15-,19-,20?,22?,23-,31-/m0/s1. The number of likely N-dealkylation sites (N-methyl/N-ethyl adjacent to an activating group) is 1. The van der Waals surface area contributed by atoms with E-state index in [4.69, 9.17) is 10.5 Å². The van der Waals surface area contributed by atoms with Crippen molar-refractivity contribution >= 4 is 39.8 Å². The summed E-state index contributed by atoms with van der Waals surface area (Å²) in [5.41, 5.74) is 4.00. The molecule has 4 aliphatic rings. The monoisotopic (exact) mass is 577 g/mol. The number of hydrogen-bond acceptors (Lipinski definition) is 10. The Balaban J connectivity index is 1.49. The molecule has 0 spiro atoms. The van der Waals surface area contributed by atoms with Crippen molar-refractivity contribution in [1.29, 1.82) is 0 Å². The number of carbonyl (C=O) groups excluding carboxylic acids is 5. The Morgan fingerprint density at radius 2 is 1.86 bits per heavy atom. The first-order valence-corrected chi connectivity index (χ1v) is 14.4. The van der Waals surface area contributed by atoms with E-state index < -0.39 is 64.4 Å². The molecule has 6 rings (SSSR count). The second kappa shape index (κ2) is 9.96. The number of nitrogens with zero attached hydrogens (tertiary/aromatic N) is 2. The number of benzene rings is 2.